The van der Waals surface area contributed by atoms with E-state index in [1.807, 2.05) is 48.5 Å². The summed E-state index contributed by atoms with van der Waals surface area (Å²) in [7, 11) is 0. The number of rotatable bonds is 5. The quantitative estimate of drug-likeness (QED) is 0.531. The van der Waals surface area contributed by atoms with Crippen molar-refractivity contribution in [1.29, 1.82) is 0 Å². The number of halogens is 1. The highest BCUT2D eigenvalue weighted by Crippen LogP contribution is 2.22. The maximum atomic E-state index is 11.3. The van der Waals surface area contributed by atoms with Crippen molar-refractivity contribution in [2.24, 2.45) is 0 Å². The lowest BCUT2D eigenvalue weighted by Crippen LogP contribution is -2.06. The minimum Gasteiger partial charge on any atom is -0.478 e. The maximum Gasteiger partial charge on any atom is 0.335 e. The minimum absolute atomic E-state index is 0.241. The monoisotopic (exact) mass is 376 g/mol. The van der Waals surface area contributed by atoms with Crippen molar-refractivity contribution in [2.45, 2.75) is 13.0 Å². The number of carbonyl (C=O) groups is 1. The van der Waals surface area contributed by atoms with Crippen molar-refractivity contribution in [3.05, 3.63) is 100 Å². The number of hydrogen-bond donors (Lipinski definition) is 1. The van der Waals surface area contributed by atoms with Gasteiger partial charge in [-0.2, -0.15) is 0 Å². The van der Waals surface area contributed by atoms with Gasteiger partial charge in [-0.15, -0.1) is 0 Å². The van der Waals surface area contributed by atoms with E-state index in [1.165, 1.54) is 0 Å². The minimum atomic E-state index is -0.950. The van der Waals surface area contributed by atoms with Crippen LogP contribution in [0.1, 0.15) is 27.3 Å². The molecule has 0 saturated heterocycles. The Balaban J connectivity index is 1.80. The number of nitrogens with zero attached hydrogens (tertiary/aromatic N) is 2. The van der Waals surface area contributed by atoms with E-state index in [4.69, 9.17) is 16.6 Å². The molecule has 0 aliphatic carbocycles. The average Bonchev–Trinajstić information content (AvgIpc) is 3.01. The predicted octanol–water partition coefficient (Wildman–Crippen LogP) is 5.03. The van der Waals surface area contributed by atoms with E-state index < -0.39 is 5.97 Å². The predicted molar refractivity (Wildman–Crippen MR) is 106 cm³/mol. The van der Waals surface area contributed by atoms with Gasteiger partial charge in [0.05, 0.1) is 16.6 Å². The molecule has 0 aliphatic rings. The van der Waals surface area contributed by atoms with Crippen LogP contribution in [0.2, 0.25) is 5.02 Å². The summed E-state index contributed by atoms with van der Waals surface area (Å²) in [4.78, 5) is 16.0. The van der Waals surface area contributed by atoms with Crippen LogP contribution in [-0.4, -0.2) is 20.6 Å². The van der Waals surface area contributed by atoms with Gasteiger partial charge in [0.1, 0.15) is 5.82 Å². The first kappa shape index (κ1) is 17.3. The fourth-order valence-corrected chi connectivity index (χ4v) is 3.30. The van der Waals surface area contributed by atoms with Crippen molar-refractivity contribution in [1.82, 2.24) is 9.55 Å². The van der Waals surface area contributed by atoms with Gasteiger partial charge in [-0.3, -0.25) is 0 Å². The van der Waals surface area contributed by atoms with Crippen LogP contribution in [0.25, 0.3) is 11.0 Å². The van der Waals surface area contributed by atoms with Gasteiger partial charge in [-0.25, -0.2) is 9.78 Å². The van der Waals surface area contributed by atoms with Crippen molar-refractivity contribution >= 4 is 28.6 Å². The Labute approximate surface area is 161 Å². The fourth-order valence-electron chi connectivity index (χ4n) is 3.17. The summed E-state index contributed by atoms with van der Waals surface area (Å²) in [5.74, 6) is -0.0625. The van der Waals surface area contributed by atoms with Gasteiger partial charge in [0.2, 0.25) is 0 Å². The van der Waals surface area contributed by atoms with E-state index in [1.54, 1.807) is 12.1 Å². The molecule has 0 bridgehead atoms. The highest BCUT2D eigenvalue weighted by atomic mass is 35.5. The average molecular weight is 377 g/mol. The molecule has 0 amide bonds. The number of imidazole rings is 1. The Hall–Kier alpha value is -3.11. The molecule has 0 radical (unpaired) electrons. The number of fused-ring (bicyclic) bond motifs is 1. The molecule has 4 aromatic rings. The summed E-state index contributed by atoms with van der Waals surface area (Å²) >= 11 is 5.99. The second-order valence-corrected chi connectivity index (χ2v) is 6.85. The first-order chi connectivity index (χ1) is 13.1. The SMILES string of the molecule is O=C(O)c1ccc2c(c1)nc(Cc1ccc(Cl)cc1)n2Cc1ccccc1. The van der Waals surface area contributed by atoms with E-state index in [2.05, 4.69) is 16.7 Å². The first-order valence-corrected chi connectivity index (χ1v) is 8.99. The lowest BCUT2D eigenvalue weighted by molar-refractivity contribution is 0.0697. The molecule has 4 rings (SSSR count). The van der Waals surface area contributed by atoms with Crippen molar-refractivity contribution < 1.29 is 9.90 Å². The molecule has 0 fully saturated rings. The number of carboxylic acid groups (broad SMARTS) is 1. The molecule has 134 valence electrons. The molecular weight excluding hydrogens is 360 g/mol. The number of benzene rings is 3. The van der Waals surface area contributed by atoms with Gasteiger partial charge in [0.25, 0.3) is 0 Å². The van der Waals surface area contributed by atoms with Gasteiger partial charge in [0, 0.05) is 18.0 Å². The van der Waals surface area contributed by atoms with Gasteiger partial charge in [-0.05, 0) is 41.5 Å². The van der Waals surface area contributed by atoms with Crippen LogP contribution >= 0.6 is 11.6 Å². The molecule has 0 saturated carbocycles. The van der Waals surface area contributed by atoms with E-state index >= 15 is 0 Å². The lowest BCUT2D eigenvalue weighted by atomic mass is 10.1. The van der Waals surface area contributed by atoms with Crippen LogP contribution in [-0.2, 0) is 13.0 Å². The first-order valence-electron chi connectivity index (χ1n) is 8.61. The van der Waals surface area contributed by atoms with E-state index in [9.17, 15) is 9.90 Å². The zero-order valence-corrected chi connectivity index (χ0v) is 15.2. The van der Waals surface area contributed by atoms with E-state index in [-0.39, 0.29) is 5.56 Å². The lowest BCUT2D eigenvalue weighted by Gasteiger charge is -2.10. The largest absolute Gasteiger partial charge is 0.478 e. The number of carboxylic acids is 1. The standard InChI is InChI=1S/C22H17ClN2O2/c23-18-9-6-15(7-10-18)12-21-24-19-13-17(22(26)27)8-11-20(19)25(21)14-16-4-2-1-3-5-16/h1-11,13H,12,14H2,(H,26,27). The number of aromatic carboxylic acids is 1. The third-order valence-corrected chi connectivity index (χ3v) is 4.79. The summed E-state index contributed by atoms with van der Waals surface area (Å²) < 4.78 is 2.14. The Kier molecular flexibility index (Phi) is 4.65. The Bertz CT molecular complexity index is 1100. The van der Waals surface area contributed by atoms with Crippen molar-refractivity contribution in [2.75, 3.05) is 0 Å². The molecule has 1 heterocycles. The molecule has 4 nitrogen and oxygen atoms in total. The Morgan fingerprint density at radius 3 is 2.41 bits per heavy atom. The summed E-state index contributed by atoms with van der Waals surface area (Å²) in [6.45, 7) is 0.673. The molecule has 3 aromatic carbocycles. The topological polar surface area (TPSA) is 55.1 Å². The molecule has 0 spiro atoms. The van der Waals surface area contributed by atoms with Crippen LogP contribution < -0.4 is 0 Å². The van der Waals surface area contributed by atoms with Gasteiger partial charge >= 0.3 is 5.97 Å². The normalized spacial score (nSPS) is 11.0. The Morgan fingerprint density at radius 2 is 1.70 bits per heavy atom. The molecular formula is C22H17ClN2O2. The highest BCUT2D eigenvalue weighted by molar-refractivity contribution is 6.30. The summed E-state index contributed by atoms with van der Waals surface area (Å²) in [5.41, 5.74) is 4.12. The van der Waals surface area contributed by atoms with E-state index in [0.29, 0.717) is 23.5 Å². The zero-order valence-electron chi connectivity index (χ0n) is 14.5. The number of hydrogen-bond acceptors (Lipinski definition) is 2. The molecule has 0 aliphatic heterocycles. The summed E-state index contributed by atoms with van der Waals surface area (Å²) in [6.07, 6.45) is 0.640. The van der Waals surface area contributed by atoms with Gasteiger partial charge in [0.15, 0.2) is 0 Å². The van der Waals surface area contributed by atoms with Crippen LogP contribution in [0.3, 0.4) is 0 Å². The van der Waals surface area contributed by atoms with Crippen LogP contribution in [0.4, 0.5) is 0 Å². The second-order valence-electron chi connectivity index (χ2n) is 6.41. The fraction of sp³-hybridized carbons (Fsp3) is 0.0909. The molecule has 1 aromatic heterocycles. The van der Waals surface area contributed by atoms with Crippen LogP contribution in [0, 0.1) is 0 Å². The third kappa shape index (κ3) is 3.71. The second kappa shape index (κ2) is 7.25. The molecule has 0 unspecified atom stereocenters. The third-order valence-electron chi connectivity index (χ3n) is 4.53. The van der Waals surface area contributed by atoms with E-state index in [0.717, 1.165) is 22.5 Å². The van der Waals surface area contributed by atoms with Crippen molar-refractivity contribution in [3.63, 3.8) is 0 Å². The highest BCUT2D eigenvalue weighted by Gasteiger charge is 2.14. The summed E-state index contributed by atoms with van der Waals surface area (Å²) in [6, 6.07) is 22.9. The van der Waals surface area contributed by atoms with Crippen LogP contribution in [0.15, 0.2) is 72.8 Å². The van der Waals surface area contributed by atoms with Gasteiger partial charge < -0.3 is 9.67 Å². The van der Waals surface area contributed by atoms with Crippen molar-refractivity contribution in [3.8, 4) is 0 Å². The molecule has 0 atom stereocenters. The Morgan fingerprint density at radius 1 is 0.963 bits per heavy atom. The summed E-state index contributed by atoms with van der Waals surface area (Å²) in [5, 5.41) is 9.97. The zero-order chi connectivity index (χ0) is 18.8. The molecule has 1 N–H and O–H groups in total. The molecule has 27 heavy (non-hydrogen) atoms. The van der Waals surface area contributed by atoms with Crippen LogP contribution in [0.5, 0.6) is 0 Å². The smallest absolute Gasteiger partial charge is 0.335 e. The number of aromatic nitrogens is 2. The molecule has 5 heteroatoms. The maximum absolute atomic E-state index is 11.3. The van der Waals surface area contributed by atoms with Gasteiger partial charge in [-0.1, -0.05) is 54.1 Å².